The Balaban J connectivity index is 2.91. The second kappa shape index (κ2) is 3.51. The highest BCUT2D eigenvalue weighted by molar-refractivity contribution is 7.80. The minimum atomic E-state index is -0.675. The number of fused-ring (bicyclic) bond motifs is 1. The van der Waals surface area contributed by atoms with Gasteiger partial charge in [-0.15, -0.1) is 0 Å². The molecule has 0 saturated carbocycles. The van der Waals surface area contributed by atoms with Crippen LogP contribution in [-0.4, -0.2) is 9.97 Å². The van der Waals surface area contributed by atoms with Gasteiger partial charge in [-0.2, -0.15) is 0 Å². The first-order valence-electron chi connectivity index (χ1n) is 4.13. The van der Waals surface area contributed by atoms with Crippen molar-refractivity contribution < 1.29 is 8.78 Å². The molecule has 1 aromatic carbocycles. The molecule has 0 unspecified atom stereocenters. The fourth-order valence-corrected chi connectivity index (χ4v) is 1.56. The van der Waals surface area contributed by atoms with Gasteiger partial charge in [0.15, 0.2) is 0 Å². The van der Waals surface area contributed by atoms with E-state index in [1.165, 1.54) is 18.3 Å². The van der Waals surface area contributed by atoms with E-state index in [0.29, 0.717) is 5.39 Å². The predicted molar refractivity (Wildman–Crippen MR) is 57.5 cm³/mol. The minimum absolute atomic E-state index is 0.0191. The van der Waals surface area contributed by atoms with Crippen molar-refractivity contribution in [3.8, 4) is 0 Å². The van der Waals surface area contributed by atoms with Gasteiger partial charge in [-0.25, -0.2) is 8.78 Å². The van der Waals surface area contributed by atoms with Gasteiger partial charge in [-0.05, 0) is 12.1 Å². The van der Waals surface area contributed by atoms with Gasteiger partial charge in [0, 0.05) is 23.0 Å². The van der Waals surface area contributed by atoms with Crippen LogP contribution in [0.1, 0.15) is 5.69 Å². The molecule has 0 spiro atoms. The standard InChI is InChI=1S/C10H6F2N2S/c11-5-3-7-6(8(12)4-5)1-2-14-9(7)10(13)15/h1-4H,(H2,13,15). The van der Waals surface area contributed by atoms with Crippen molar-refractivity contribution in [3.63, 3.8) is 0 Å². The Bertz CT molecular complexity index is 554. The lowest BCUT2D eigenvalue weighted by Gasteiger charge is -2.04. The molecule has 0 aliphatic rings. The first kappa shape index (κ1) is 9.92. The average Bonchev–Trinajstić information content (AvgIpc) is 2.16. The van der Waals surface area contributed by atoms with E-state index in [2.05, 4.69) is 4.98 Å². The summed E-state index contributed by atoms with van der Waals surface area (Å²) in [6.45, 7) is 0. The average molecular weight is 224 g/mol. The quantitative estimate of drug-likeness (QED) is 0.754. The summed E-state index contributed by atoms with van der Waals surface area (Å²) >= 11 is 4.75. The molecule has 0 fully saturated rings. The van der Waals surface area contributed by atoms with E-state index >= 15 is 0 Å². The van der Waals surface area contributed by atoms with Crippen molar-refractivity contribution >= 4 is 28.0 Å². The highest BCUT2D eigenvalue weighted by atomic mass is 32.1. The Morgan fingerprint density at radius 1 is 1.27 bits per heavy atom. The molecule has 2 nitrogen and oxygen atoms in total. The summed E-state index contributed by atoms with van der Waals surface area (Å²) in [5, 5.41) is 0.553. The molecule has 0 aliphatic heterocycles. The SMILES string of the molecule is NC(=S)c1nccc2c(F)cc(F)cc12. The van der Waals surface area contributed by atoms with E-state index in [0.717, 1.165) is 6.07 Å². The number of hydrogen-bond acceptors (Lipinski definition) is 2. The summed E-state index contributed by atoms with van der Waals surface area (Å²) in [6.07, 6.45) is 1.39. The predicted octanol–water partition coefficient (Wildman–Crippen LogP) is 2.15. The third-order valence-corrected chi connectivity index (χ3v) is 2.22. The van der Waals surface area contributed by atoms with Crippen molar-refractivity contribution in [2.24, 2.45) is 5.73 Å². The van der Waals surface area contributed by atoms with Gasteiger partial charge in [0.2, 0.25) is 0 Å². The number of pyridine rings is 1. The fraction of sp³-hybridized carbons (Fsp3) is 0. The van der Waals surface area contributed by atoms with Crippen molar-refractivity contribution in [1.29, 1.82) is 0 Å². The van der Waals surface area contributed by atoms with Crippen LogP contribution in [-0.2, 0) is 0 Å². The molecule has 1 aromatic heterocycles. The third kappa shape index (κ3) is 1.66. The van der Waals surface area contributed by atoms with Crippen LogP contribution in [0.4, 0.5) is 8.78 Å². The van der Waals surface area contributed by atoms with Gasteiger partial charge in [-0.3, -0.25) is 4.98 Å². The van der Waals surface area contributed by atoms with Crippen molar-refractivity contribution in [1.82, 2.24) is 4.98 Å². The van der Waals surface area contributed by atoms with Gasteiger partial charge in [0.1, 0.15) is 22.3 Å². The summed E-state index contributed by atoms with van der Waals surface area (Å²) in [5.74, 6) is -1.32. The topological polar surface area (TPSA) is 38.9 Å². The Morgan fingerprint density at radius 3 is 2.67 bits per heavy atom. The summed E-state index contributed by atoms with van der Waals surface area (Å²) in [7, 11) is 0. The molecular weight excluding hydrogens is 218 g/mol. The van der Waals surface area contributed by atoms with E-state index in [1.807, 2.05) is 0 Å². The van der Waals surface area contributed by atoms with Gasteiger partial charge in [-0.1, -0.05) is 12.2 Å². The normalized spacial score (nSPS) is 10.5. The second-order valence-electron chi connectivity index (χ2n) is 3.01. The summed E-state index contributed by atoms with van der Waals surface area (Å²) in [6, 6.07) is 3.43. The Labute approximate surface area is 89.7 Å². The lowest BCUT2D eigenvalue weighted by atomic mass is 10.1. The zero-order valence-corrected chi connectivity index (χ0v) is 8.31. The molecule has 0 atom stereocenters. The largest absolute Gasteiger partial charge is 0.388 e. The molecular formula is C10H6F2N2S. The molecule has 1 heterocycles. The molecule has 15 heavy (non-hydrogen) atoms. The Morgan fingerprint density at radius 2 is 2.00 bits per heavy atom. The van der Waals surface area contributed by atoms with Crippen LogP contribution in [0.2, 0.25) is 0 Å². The first-order valence-corrected chi connectivity index (χ1v) is 4.54. The van der Waals surface area contributed by atoms with E-state index < -0.39 is 11.6 Å². The number of rotatable bonds is 1. The molecule has 2 rings (SSSR count). The van der Waals surface area contributed by atoms with Crippen LogP contribution >= 0.6 is 12.2 Å². The molecule has 76 valence electrons. The highest BCUT2D eigenvalue weighted by Gasteiger charge is 2.09. The van der Waals surface area contributed by atoms with Gasteiger partial charge >= 0.3 is 0 Å². The van der Waals surface area contributed by atoms with Gasteiger partial charge < -0.3 is 5.73 Å². The zero-order chi connectivity index (χ0) is 11.0. The zero-order valence-electron chi connectivity index (χ0n) is 7.50. The van der Waals surface area contributed by atoms with Crippen molar-refractivity contribution in [2.45, 2.75) is 0 Å². The number of thiocarbonyl (C=S) groups is 1. The van der Waals surface area contributed by atoms with Crippen LogP contribution in [0, 0.1) is 11.6 Å². The van der Waals surface area contributed by atoms with E-state index in [-0.39, 0.29) is 16.1 Å². The number of nitrogens with two attached hydrogens (primary N) is 1. The molecule has 0 saturated heterocycles. The van der Waals surface area contributed by atoms with Gasteiger partial charge in [0.05, 0.1) is 0 Å². The first-order chi connectivity index (χ1) is 7.09. The third-order valence-electron chi connectivity index (χ3n) is 2.03. The van der Waals surface area contributed by atoms with Crippen LogP contribution in [0.3, 0.4) is 0 Å². The molecule has 0 radical (unpaired) electrons. The maximum Gasteiger partial charge on any atom is 0.134 e. The number of benzene rings is 1. The number of nitrogens with zero attached hydrogens (tertiary/aromatic N) is 1. The van der Waals surface area contributed by atoms with Crippen LogP contribution in [0.25, 0.3) is 10.8 Å². The maximum atomic E-state index is 13.3. The van der Waals surface area contributed by atoms with E-state index in [1.54, 1.807) is 0 Å². The lowest BCUT2D eigenvalue weighted by Crippen LogP contribution is -2.12. The monoisotopic (exact) mass is 224 g/mol. The molecule has 5 heteroatoms. The van der Waals surface area contributed by atoms with Crippen LogP contribution in [0.5, 0.6) is 0 Å². The molecule has 2 aromatic rings. The highest BCUT2D eigenvalue weighted by Crippen LogP contribution is 2.21. The van der Waals surface area contributed by atoms with E-state index in [9.17, 15) is 8.78 Å². The Kier molecular flexibility index (Phi) is 2.32. The second-order valence-corrected chi connectivity index (χ2v) is 3.45. The van der Waals surface area contributed by atoms with Crippen LogP contribution in [0.15, 0.2) is 24.4 Å². The number of halogens is 2. The van der Waals surface area contributed by atoms with Gasteiger partial charge in [0.25, 0.3) is 0 Å². The van der Waals surface area contributed by atoms with E-state index in [4.69, 9.17) is 18.0 Å². The summed E-state index contributed by atoms with van der Waals surface area (Å²) in [5.41, 5.74) is 5.64. The number of hydrogen-bond donors (Lipinski definition) is 1. The summed E-state index contributed by atoms with van der Waals surface area (Å²) in [4.78, 5) is 3.91. The smallest absolute Gasteiger partial charge is 0.134 e. The molecule has 0 amide bonds. The summed E-state index contributed by atoms with van der Waals surface area (Å²) < 4.78 is 26.3. The minimum Gasteiger partial charge on any atom is -0.388 e. The molecule has 0 bridgehead atoms. The van der Waals surface area contributed by atoms with Crippen LogP contribution < -0.4 is 5.73 Å². The molecule has 0 aliphatic carbocycles. The molecule has 2 N–H and O–H groups in total. The van der Waals surface area contributed by atoms with Crippen molar-refractivity contribution in [3.05, 3.63) is 41.7 Å². The Hall–Kier alpha value is -1.62. The van der Waals surface area contributed by atoms with Crippen molar-refractivity contribution in [2.75, 3.05) is 0 Å². The maximum absolute atomic E-state index is 13.3. The number of aromatic nitrogens is 1. The fourth-order valence-electron chi connectivity index (χ4n) is 1.40. The lowest BCUT2D eigenvalue weighted by molar-refractivity contribution is 0.592.